The van der Waals surface area contributed by atoms with E-state index in [4.69, 9.17) is 4.74 Å². The molecule has 0 radical (unpaired) electrons. The smallest absolute Gasteiger partial charge is 0.328 e. The lowest BCUT2D eigenvalue weighted by molar-refractivity contribution is -0.151. The average Bonchev–Trinajstić information content (AvgIpc) is 3.13. The Morgan fingerprint density at radius 2 is 2.22 bits per heavy atom. The number of hydrogen-bond donors (Lipinski definition) is 1. The molecule has 1 aliphatic rings. The van der Waals surface area contributed by atoms with Gasteiger partial charge < -0.3 is 15.0 Å². The minimum atomic E-state index is -0.472. The molecule has 0 saturated carbocycles. The fourth-order valence-corrected chi connectivity index (χ4v) is 3.44. The first-order valence-electron chi connectivity index (χ1n) is 7.87. The van der Waals surface area contributed by atoms with Gasteiger partial charge in [0.25, 0.3) is 0 Å². The van der Waals surface area contributed by atoms with Crippen molar-refractivity contribution in [1.82, 2.24) is 14.3 Å². The van der Waals surface area contributed by atoms with E-state index >= 15 is 0 Å². The molecule has 2 rings (SSSR count). The van der Waals surface area contributed by atoms with Crippen molar-refractivity contribution < 1.29 is 14.3 Å². The van der Waals surface area contributed by atoms with E-state index in [1.165, 1.54) is 18.6 Å². The SMILES string of the molecule is COC(=O)C1CCCN1C(=O)C(CC(C)C)Nc1nc(C)ns1. The van der Waals surface area contributed by atoms with Crippen molar-refractivity contribution in [2.45, 2.75) is 52.1 Å². The van der Waals surface area contributed by atoms with Crippen molar-refractivity contribution >= 4 is 28.5 Å². The number of methoxy groups -OCH3 is 1. The van der Waals surface area contributed by atoms with Gasteiger partial charge in [-0.2, -0.15) is 4.37 Å². The second kappa shape index (κ2) is 7.72. The highest BCUT2D eigenvalue weighted by molar-refractivity contribution is 7.09. The van der Waals surface area contributed by atoms with Gasteiger partial charge in [0.05, 0.1) is 7.11 Å². The van der Waals surface area contributed by atoms with E-state index < -0.39 is 12.1 Å². The largest absolute Gasteiger partial charge is 0.467 e. The summed E-state index contributed by atoms with van der Waals surface area (Å²) in [4.78, 5) is 30.7. The van der Waals surface area contributed by atoms with E-state index in [1.807, 2.05) is 6.92 Å². The lowest BCUT2D eigenvalue weighted by atomic mass is 10.0. The van der Waals surface area contributed by atoms with Gasteiger partial charge in [-0.25, -0.2) is 9.78 Å². The van der Waals surface area contributed by atoms with Crippen LogP contribution in [0, 0.1) is 12.8 Å². The molecule has 1 fully saturated rings. The normalized spacial score (nSPS) is 19.0. The summed E-state index contributed by atoms with van der Waals surface area (Å²) in [6.45, 7) is 6.53. The van der Waals surface area contributed by atoms with Crippen LogP contribution in [0.5, 0.6) is 0 Å². The van der Waals surface area contributed by atoms with E-state index in [9.17, 15) is 9.59 Å². The first-order valence-corrected chi connectivity index (χ1v) is 8.65. The summed E-state index contributed by atoms with van der Waals surface area (Å²) in [7, 11) is 1.36. The third kappa shape index (κ3) is 4.40. The number of esters is 1. The van der Waals surface area contributed by atoms with Crippen LogP contribution >= 0.6 is 11.5 Å². The predicted octanol–water partition coefficient (Wildman–Crippen LogP) is 1.84. The number of ether oxygens (including phenoxy) is 1. The molecule has 2 unspecified atom stereocenters. The number of aromatic nitrogens is 2. The van der Waals surface area contributed by atoms with Crippen LogP contribution in [0.2, 0.25) is 0 Å². The Bertz CT molecular complexity index is 561. The van der Waals surface area contributed by atoms with Gasteiger partial charge in [0.2, 0.25) is 11.0 Å². The van der Waals surface area contributed by atoms with Crippen LogP contribution in [0.25, 0.3) is 0 Å². The van der Waals surface area contributed by atoms with Gasteiger partial charge >= 0.3 is 5.97 Å². The molecule has 0 bridgehead atoms. The molecule has 8 heteroatoms. The molecular weight excluding hydrogens is 316 g/mol. The Morgan fingerprint density at radius 3 is 2.78 bits per heavy atom. The number of anilines is 1. The van der Waals surface area contributed by atoms with Gasteiger partial charge in [0.15, 0.2) is 0 Å². The van der Waals surface area contributed by atoms with E-state index in [2.05, 4.69) is 28.5 Å². The topological polar surface area (TPSA) is 84.4 Å². The zero-order chi connectivity index (χ0) is 17.0. The highest BCUT2D eigenvalue weighted by Gasteiger charge is 2.38. The zero-order valence-electron chi connectivity index (χ0n) is 14.0. The second-order valence-corrected chi connectivity index (χ2v) is 6.94. The van der Waals surface area contributed by atoms with E-state index in [-0.39, 0.29) is 11.9 Å². The Balaban J connectivity index is 2.13. The fourth-order valence-electron chi connectivity index (χ4n) is 2.81. The van der Waals surface area contributed by atoms with Gasteiger partial charge in [-0.05, 0) is 32.1 Å². The van der Waals surface area contributed by atoms with Crippen LogP contribution < -0.4 is 5.32 Å². The highest BCUT2D eigenvalue weighted by Crippen LogP contribution is 2.23. The summed E-state index contributed by atoms with van der Waals surface area (Å²) in [5, 5.41) is 3.82. The number of rotatable bonds is 6. The summed E-state index contributed by atoms with van der Waals surface area (Å²) < 4.78 is 8.95. The summed E-state index contributed by atoms with van der Waals surface area (Å²) >= 11 is 1.24. The third-order valence-electron chi connectivity index (χ3n) is 3.84. The maximum Gasteiger partial charge on any atom is 0.328 e. The molecule has 2 heterocycles. The molecule has 1 N–H and O–H groups in total. The fraction of sp³-hybridized carbons (Fsp3) is 0.733. The monoisotopic (exact) mass is 340 g/mol. The van der Waals surface area contributed by atoms with E-state index in [0.29, 0.717) is 36.3 Å². The summed E-state index contributed by atoms with van der Waals surface area (Å²) in [6, 6.07) is -0.882. The number of nitrogens with zero attached hydrogens (tertiary/aromatic N) is 3. The lowest BCUT2D eigenvalue weighted by Gasteiger charge is -2.28. The molecule has 0 aliphatic carbocycles. The number of carbonyl (C=O) groups is 2. The van der Waals surface area contributed by atoms with Gasteiger partial charge in [-0.3, -0.25) is 4.79 Å². The summed E-state index contributed by atoms with van der Waals surface area (Å²) in [6.07, 6.45) is 2.14. The minimum Gasteiger partial charge on any atom is -0.467 e. The number of aryl methyl sites for hydroxylation is 1. The highest BCUT2D eigenvalue weighted by atomic mass is 32.1. The van der Waals surface area contributed by atoms with Crippen LogP contribution in [-0.2, 0) is 14.3 Å². The standard InChI is InChI=1S/C15H24N4O3S/c1-9(2)8-11(17-15-16-10(3)18-23-15)13(20)19-7-5-6-12(19)14(21)22-4/h9,11-12H,5-8H2,1-4H3,(H,16,17,18). The first-order chi connectivity index (χ1) is 10.9. The Kier molecular flexibility index (Phi) is 5.92. The third-order valence-corrected chi connectivity index (χ3v) is 4.58. The molecule has 128 valence electrons. The Labute approximate surface area is 140 Å². The molecule has 1 saturated heterocycles. The van der Waals surface area contributed by atoms with Crippen molar-refractivity contribution in [2.24, 2.45) is 5.92 Å². The molecular formula is C15H24N4O3S. The molecule has 1 amide bonds. The molecule has 1 aliphatic heterocycles. The lowest BCUT2D eigenvalue weighted by Crippen LogP contribution is -2.48. The predicted molar refractivity (Wildman–Crippen MR) is 88.3 cm³/mol. The molecule has 1 aromatic rings. The maximum absolute atomic E-state index is 12.9. The molecule has 2 atom stereocenters. The van der Waals surface area contributed by atoms with Gasteiger partial charge in [-0.15, -0.1) is 0 Å². The van der Waals surface area contributed by atoms with Crippen LogP contribution in [-0.4, -0.2) is 51.9 Å². The maximum atomic E-state index is 12.9. The van der Waals surface area contributed by atoms with Crippen molar-refractivity contribution in [2.75, 3.05) is 19.0 Å². The van der Waals surface area contributed by atoms with Crippen molar-refractivity contribution in [3.63, 3.8) is 0 Å². The van der Waals surface area contributed by atoms with E-state index in [1.54, 1.807) is 4.90 Å². The Morgan fingerprint density at radius 1 is 1.48 bits per heavy atom. The summed E-state index contributed by atoms with van der Waals surface area (Å²) in [5.74, 6) is 0.608. The van der Waals surface area contributed by atoms with Crippen molar-refractivity contribution in [1.29, 1.82) is 0 Å². The Hall–Kier alpha value is -1.70. The molecule has 0 aromatic carbocycles. The number of nitrogens with one attached hydrogen (secondary N) is 1. The van der Waals surface area contributed by atoms with Gasteiger partial charge in [0.1, 0.15) is 17.9 Å². The first kappa shape index (κ1) is 17.7. The van der Waals surface area contributed by atoms with Gasteiger partial charge in [0, 0.05) is 18.1 Å². The number of hydrogen-bond acceptors (Lipinski definition) is 7. The average molecular weight is 340 g/mol. The van der Waals surface area contributed by atoms with Gasteiger partial charge in [-0.1, -0.05) is 13.8 Å². The van der Waals surface area contributed by atoms with Crippen molar-refractivity contribution in [3.05, 3.63) is 5.82 Å². The second-order valence-electron chi connectivity index (χ2n) is 6.19. The van der Waals surface area contributed by atoms with E-state index in [0.717, 1.165) is 6.42 Å². The number of carbonyl (C=O) groups excluding carboxylic acids is 2. The molecule has 7 nitrogen and oxygen atoms in total. The zero-order valence-corrected chi connectivity index (χ0v) is 14.9. The van der Waals surface area contributed by atoms with Crippen LogP contribution in [0.4, 0.5) is 5.13 Å². The molecule has 0 spiro atoms. The van der Waals surface area contributed by atoms with Crippen LogP contribution in [0.1, 0.15) is 38.9 Å². The quantitative estimate of drug-likeness (QED) is 0.796. The number of amides is 1. The van der Waals surface area contributed by atoms with Crippen LogP contribution in [0.15, 0.2) is 0 Å². The number of likely N-dealkylation sites (tertiary alicyclic amines) is 1. The summed E-state index contributed by atoms with van der Waals surface area (Å²) in [5.41, 5.74) is 0. The molecule has 23 heavy (non-hydrogen) atoms. The molecule has 1 aromatic heterocycles. The minimum absolute atomic E-state index is 0.0700. The van der Waals surface area contributed by atoms with Crippen molar-refractivity contribution in [3.8, 4) is 0 Å². The van der Waals surface area contributed by atoms with Crippen LogP contribution in [0.3, 0.4) is 0 Å².